The van der Waals surface area contributed by atoms with Crippen molar-refractivity contribution in [3.8, 4) is 0 Å². The van der Waals surface area contributed by atoms with E-state index in [0.717, 1.165) is 12.8 Å². The van der Waals surface area contributed by atoms with Gasteiger partial charge in [-0.25, -0.2) is 0 Å². The second kappa shape index (κ2) is 9.89. The van der Waals surface area contributed by atoms with Crippen LogP contribution < -0.4 is 11.1 Å². The van der Waals surface area contributed by atoms with E-state index in [9.17, 15) is 13.2 Å². The number of nitrogens with two attached hydrogens (primary N) is 1. The first-order valence-corrected chi connectivity index (χ1v) is 6.64. The summed E-state index contributed by atoms with van der Waals surface area (Å²) in [6.07, 6.45) is 0.313. The lowest BCUT2D eigenvalue weighted by molar-refractivity contribution is -0.142. The fourth-order valence-corrected chi connectivity index (χ4v) is 1.55. The molecule has 0 amide bonds. The van der Waals surface area contributed by atoms with Gasteiger partial charge >= 0.3 is 6.18 Å². The minimum absolute atomic E-state index is 0.269. The van der Waals surface area contributed by atoms with Crippen LogP contribution in [-0.4, -0.2) is 50.3 Å². The summed E-state index contributed by atoms with van der Waals surface area (Å²) in [5.74, 6) is 0.303. The number of halogens is 3. The summed E-state index contributed by atoms with van der Waals surface area (Å²) in [6, 6.07) is 0. The molecule has 0 saturated heterocycles. The van der Waals surface area contributed by atoms with Crippen molar-refractivity contribution in [3.05, 3.63) is 0 Å². The molecule has 114 valence electrons. The van der Waals surface area contributed by atoms with Gasteiger partial charge in [0.1, 0.15) is 0 Å². The minimum atomic E-state index is -4.16. The van der Waals surface area contributed by atoms with Gasteiger partial charge in [-0.2, -0.15) is 13.2 Å². The van der Waals surface area contributed by atoms with Crippen LogP contribution in [0, 0.1) is 0 Å². The summed E-state index contributed by atoms with van der Waals surface area (Å²) in [5.41, 5.74) is 5.60. The van der Waals surface area contributed by atoms with E-state index in [1.807, 2.05) is 0 Å². The quantitative estimate of drug-likeness (QED) is 0.386. The lowest BCUT2D eigenvalue weighted by Gasteiger charge is -2.18. The molecule has 0 atom stereocenters. The van der Waals surface area contributed by atoms with Gasteiger partial charge in [0, 0.05) is 19.6 Å². The van der Waals surface area contributed by atoms with Crippen LogP contribution in [0.2, 0.25) is 0 Å². The molecule has 0 saturated carbocycles. The second-order valence-corrected chi connectivity index (χ2v) is 4.61. The minimum Gasteiger partial charge on any atom is -0.370 e. The average Bonchev–Trinajstić information content (AvgIpc) is 2.26. The lowest BCUT2D eigenvalue weighted by atomic mass is 10.2. The van der Waals surface area contributed by atoms with Crippen LogP contribution in [-0.2, 0) is 0 Å². The summed E-state index contributed by atoms with van der Waals surface area (Å²) >= 11 is 0. The Balaban J connectivity index is 3.61. The van der Waals surface area contributed by atoms with Crippen LogP contribution in [0.15, 0.2) is 4.99 Å². The lowest BCUT2D eigenvalue weighted by Crippen LogP contribution is -2.40. The fraction of sp³-hybridized carbons (Fsp3) is 0.917. The molecule has 0 bridgehead atoms. The Bertz CT molecular complexity index is 254. The van der Waals surface area contributed by atoms with Crippen LogP contribution in [0.25, 0.3) is 0 Å². The van der Waals surface area contributed by atoms with E-state index in [-0.39, 0.29) is 6.54 Å². The Morgan fingerprint density at radius 2 is 1.95 bits per heavy atom. The van der Waals surface area contributed by atoms with Crippen molar-refractivity contribution < 1.29 is 13.2 Å². The number of hydrogen-bond donors (Lipinski definition) is 2. The highest BCUT2D eigenvalue weighted by atomic mass is 19.4. The van der Waals surface area contributed by atoms with Gasteiger partial charge in [-0.15, -0.1) is 0 Å². The first-order chi connectivity index (χ1) is 8.85. The zero-order chi connectivity index (χ0) is 14.7. The molecule has 0 radical (unpaired) electrons. The van der Waals surface area contributed by atoms with Crippen LogP contribution in [0.3, 0.4) is 0 Å². The van der Waals surface area contributed by atoms with Gasteiger partial charge in [0.05, 0.1) is 6.54 Å². The summed E-state index contributed by atoms with van der Waals surface area (Å²) in [6.45, 7) is 2.51. The van der Waals surface area contributed by atoms with Gasteiger partial charge in [-0.3, -0.25) is 9.89 Å². The van der Waals surface area contributed by atoms with E-state index in [0.29, 0.717) is 19.0 Å². The molecule has 19 heavy (non-hydrogen) atoms. The number of hydrogen-bond acceptors (Lipinski definition) is 2. The maximum Gasteiger partial charge on any atom is 0.401 e. The third kappa shape index (κ3) is 13.3. The van der Waals surface area contributed by atoms with E-state index in [1.54, 1.807) is 0 Å². The molecular weight excluding hydrogens is 257 g/mol. The number of guanidine groups is 1. The van der Waals surface area contributed by atoms with Crippen molar-refractivity contribution in [2.45, 2.75) is 38.8 Å². The molecule has 7 heteroatoms. The van der Waals surface area contributed by atoms with E-state index in [4.69, 9.17) is 5.73 Å². The third-order valence-corrected chi connectivity index (χ3v) is 2.54. The predicted molar refractivity (Wildman–Crippen MR) is 72.2 cm³/mol. The normalized spacial score (nSPS) is 13.1. The Morgan fingerprint density at radius 1 is 1.26 bits per heavy atom. The van der Waals surface area contributed by atoms with Gasteiger partial charge in [0.2, 0.25) is 0 Å². The van der Waals surface area contributed by atoms with E-state index in [1.165, 1.54) is 24.8 Å². The number of nitrogens with one attached hydrogen (secondary N) is 1. The first kappa shape index (κ1) is 18.0. The van der Waals surface area contributed by atoms with Crippen molar-refractivity contribution in [2.24, 2.45) is 10.7 Å². The highest BCUT2D eigenvalue weighted by Gasteiger charge is 2.28. The Morgan fingerprint density at radius 3 is 2.53 bits per heavy atom. The monoisotopic (exact) mass is 282 g/mol. The highest BCUT2D eigenvalue weighted by Crippen LogP contribution is 2.14. The van der Waals surface area contributed by atoms with Crippen molar-refractivity contribution >= 4 is 5.96 Å². The van der Waals surface area contributed by atoms with Gasteiger partial charge in [0.15, 0.2) is 5.96 Å². The molecule has 3 N–H and O–H groups in total. The zero-order valence-corrected chi connectivity index (χ0v) is 11.8. The largest absolute Gasteiger partial charge is 0.401 e. The van der Waals surface area contributed by atoms with E-state index in [2.05, 4.69) is 17.2 Å². The van der Waals surface area contributed by atoms with Gasteiger partial charge < -0.3 is 11.1 Å². The molecule has 0 aliphatic carbocycles. The number of unbranched alkanes of at least 4 members (excludes halogenated alkanes) is 3. The number of aliphatic imine (C=N–C) groups is 1. The second-order valence-electron chi connectivity index (χ2n) is 4.61. The smallest absolute Gasteiger partial charge is 0.370 e. The number of likely N-dealkylation sites (N-methyl/N-ethyl adjacent to an activating group) is 1. The molecule has 0 rings (SSSR count). The summed E-state index contributed by atoms with van der Waals surface area (Å²) in [7, 11) is 1.42. The number of alkyl halides is 3. The molecule has 0 aromatic heterocycles. The Labute approximate surface area is 113 Å². The number of nitrogens with zero attached hydrogens (tertiary/aromatic N) is 2. The van der Waals surface area contributed by atoms with Gasteiger partial charge in [0.25, 0.3) is 0 Å². The molecule has 0 heterocycles. The van der Waals surface area contributed by atoms with E-state index >= 15 is 0 Å². The first-order valence-electron chi connectivity index (χ1n) is 6.64. The van der Waals surface area contributed by atoms with Gasteiger partial charge in [-0.05, 0) is 13.5 Å². The molecule has 0 unspecified atom stereocenters. The average molecular weight is 282 g/mol. The maximum atomic E-state index is 12.0. The summed E-state index contributed by atoms with van der Waals surface area (Å²) in [5, 5.41) is 2.81. The Kier molecular flexibility index (Phi) is 9.38. The topological polar surface area (TPSA) is 53.6 Å². The molecule has 0 spiro atoms. The maximum absolute atomic E-state index is 12.0. The van der Waals surface area contributed by atoms with Gasteiger partial charge in [-0.1, -0.05) is 26.2 Å². The fourth-order valence-electron chi connectivity index (χ4n) is 1.55. The van der Waals surface area contributed by atoms with Crippen LogP contribution in [0.4, 0.5) is 13.2 Å². The van der Waals surface area contributed by atoms with Crippen LogP contribution >= 0.6 is 0 Å². The number of rotatable bonds is 9. The van der Waals surface area contributed by atoms with Crippen LogP contribution in [0.5, 0.6) is 0 Å². The van der Waals surface area contributed by atoms with Crippen molar-refractivity contribution in [1.82, 2.24) is 10.2 Å². The zero-order valence-electron chi connectivity index (χ0n) is 11.8. The summed E-state index contributed by atoms with van der Waals surface area (Å²) < 4.78 is 36.1. The molecule has 0 aromatic carbocycles. The molecule has 0 aliphatic rings. The van der Waals surface area contributed by atoms with Crippen molar-refractivity contribution in [3.63, 3.8) is 0 Å². The highest BCUT2D eigenvalue weighted by molar-refractivity contribution is 5.77. The molecule has 0 fully saturated rings. The SMILES string of the molecule is CCCCCCN=C(N)NCCN(C)CC(F)(F)F. The molecule has 0 aliphatic heterocycles. The standard InChI is InChI=1S/C12H25F3N4/c1-3-4-5-6-7-17-11(16)18-8-9-19(2)10-12(13,14)15/h3-10H2,1-2H3,(H3,16,17,18). The van der Waals surface area contributed by atoms with Crippen LogP contribution in [0.1, 0.15) is 32.6 Å². The summed E-state index contributed by atoms with van der Waals surface area (Å²) in [4.78, 5) is 5.31. The van der Waals surface area contributed by atoms with Crippen molar-refractivity contribution in [1.29, 1.82) is 0 Å². The third-order valence-electron chi connectivity index (χ3n) is 2.54. The molecule has 4 nitrogen and oxygen atoms in total. The predicted octanol–water partition coefficient (Wildman–Crippen LogP) is 1.97. The van der Waals surface area contributed by atoms with E-state index < -0.39 is 12.7 Å². The van der Waals surface area contributed by atoms with Crippen molar-refractivity contribution in [2.75, 3.05) is 33.2 Å². The Hall–Kier alpha value is -0.980. The molecular formula is C12H25F3N4. The molecule has 0 aromatic rings.